The topological polar surface area (TPSA) is 34.1 Å². The summed E-state index contributed by atoms with van der Waals surface area (Å²) in [4.78, 5) is 22.0. The summed E-state index contributed by atoms with van der Waals surface area (Å²) in [6.07, 6.45) is 1.66. The lowest BCUT2D eigenvalue weighted by atomic mass is 10.1. The molecule has 2 heteroatoms. The maximum Gasteiger partial charge on any atom is 0.143 e. The molecule has 11 heavy (non-hydrogen) atoms. The molecule has 1 saturated carbocycles. The van der Waals surface area contributed by atoms with E-state index in [2.05, 4.69) is 6.92 Å². The minimum Gasteiger partial charge on any atom is -0.299 e. The highest BCUT2D eigenvalue weighted by Crippen LogP contribution is 2.39. The average molecular weight is 154 g/mol. The van der Waals surface area contributed by atoms with Crippen LogP contribution in [0.1, 0.15) is 33.1 Å². The van der Waals surface area contributed by atoms with Gasteiger partial charge >= 0.3 is 0 Å². The lowest BCUT2D eigenvalue weighted by Gasteiger charge is -1.94. The molecule has 0 heterocycles. The van der Waals surface area contributed by atoms with Crippen molar-refractivity contribution in [2.45, 2.75) is 33.1 Å². The molecule has 0 bridgehead atoms. The van der Waals surface area contributed by atoms with Gasteiger partial charge in [0.1, 0.15) is 11.6 Å². The summed E-state index contributed by atoms with van der Waals surface area (Å²) < 4.78 is 0. The summed E-state index contributed by atoms with van der Waals surface area (Å²) in [5.74, 6) is 0.983. The van der Waals surface area contributed by atoms with Crippen LogP contribution in [0.5, 0.6) is 0 Å². The molecular formula is C9H14O2. The van der Waals surface area contributed by atoms with Crippen molar-refractivity contribution in [2.75, 3.05) is 0 Å². The van der Waals surface area contributed by atoms with Gasteiger partial charge in [0, 0.05) is 12.3 Å². The first kappa shape index (κ1) is 8.44. The van der Waals surface area contributed by atoms with E-state index in [1.807, 2.05) is 0 Å². The van der Waals surface area contributed by atoms with E-state index in [9.17, 15) is 9.59 Å². The number of carbonyl (C=O) groups excluding carboxylic acids is 2. The number of ketones is 2. The van der Waals surface area contributed by atoms with Crippen molar-refractivity contribution in [3.8, 4) is 0 Å². The molecule has 0 aromatic heterocycles. The molecule has 1 rings (SSSR count). The number of hydrogen-bond donors (Lipinski definition) is 0. The van der Waals surface area contributed by atoms with E-state index in [0.29, 0.717) is 12.3 Å². The zero-order valence-corrected chi connectivity index (χ0v) is 7.09. The van der Waals surface area contributed by atoms with Gasteiger partial charge in [-0.05, 0) is 12.3 Å². The fraction of sp³-hybridized carbons (Fsp3) is 0.778. The predicted octanol–water partition coefficient (Wildman–Crippen LogP) is 1.58. The van der Waals surface area contributed by atoms with E-state index >= 15 is 0 Å². The molecule has 0 amide bonds. The first-order valence-corrected chi connectivity index (χ1v) is 4.19. The lowest BCUT2D eigenvalue weighted by molar-refractivity contribution is -0.127. The molecule has 0 N–H and O–H groups in total. The largest absolute Gasteiger partial charge is 0.299 e. The highest BCUT2D eigenvalue weighted by molar-refractivity contribution is 6.01. The second-order valence-electron chi connectivity index (χ2n) is 3.35. The summed E-state index contributed by atoms with van der Waals surface area (Å²) in [6.45, 7) is 3.85. The van der Waals surface area contributed by atoms with Crippen LogP contribution in [0.4, 0.5) is 0 Å². The molecule has 0 spiro atoms. The van der Waals surface area contributed by atoms with Gasteiger partial charge < -0.3 is 0 Å². The smallest absolute Gasteiger partial charge is 0.143 e. The summed E-state index contributed by atoms with van der Waals surface area (Å²) >= 11 is 0. The van der Waals surface area contributed by atoms with Crippen molar-refractivity contribution in [2.24, 2.45) is 11.8 Å². The van der Waals surface area contributed by atoms with Crippen LogP contribution in [0.15, 0.2) is 0 Å². The van der Waals surface area contributed by atoms with Gasteiger partial charge in [0.2, 0.25) is 0 Å². The highest BCUT2D eigenvalue weighted by Gasteiger charge is 2.38. The summed E-state index contributed by atoms with van der Waals surface area (Å²) in [7, 11) is 0. The first-order valence-electron chi connectivity index (χ1n) is 4.19. The molecule has 1 fully saturated rings. The summed E-state index contributed by atoms with van der Waals surface area (Å²) in [6, 6.07) is 0. The number of carbonyl (C=O) groups is 2. The Balaban J connectivity index is 2.27. The van der Waals surface area contributed by atoms with E-state index in [0.717, 1.165) is 6.42 Å². The standard InChI is InChI=1S/C9H14O2/c1-3-7(10)5-9(11)8-4-6(8)2/h6,8H,3-5H2,1-2H3. The first-order chi connectivity index (χ1) is 5.15. The van der Waals surface area contributed by atoms with Gasteiger partial charge in [-0.1, -0.05) is 13.8 Å². The van der Waals surface area contributed by atoms with Crippen molar-refractivity contribution in [3.05, 3.63) is 0 Å². The fourth-order valence-electron chi connectivity index (χ4n) is 1.22. The van der Waals surface area contributed by atoms with E-state index in [4.69, 9.17) is 0 Å². The van der Waals surface area contributed by atoms with Gasteiger partial charge in [-0.15, -0.1) is 0 Å². The molecule has 2 nitrogen and oxygen atoms in total. The minimum atomic E-state index is 0.0779. The van der Waals surface area contributed by atoms with Crippen LogP contribution in [0, 0.1) is 11.8 Å². The van der Waals surface area contributed by atoms with Crippen molar-refractivity contribution in [3.63, 3.8) is 0 Å². The quantitative estimate of drug-likeness (QED) is 0.576. The summed E-state index contributed by atoms with van der Waals surface area (Å²) in [5.41, 5.74) is 0. The molecule has 0 radical (unpaired) electrons. The Kier molecular flexibility index (Phi) is 2.42. The second-order valence-corrected chi connectivity index (χ2v) is 3.35. The zero-order chi connectivity index (χ0) is 8.43. The Bertz CT molecular complexity index is 184. The second kappa shape index (κ2) is 3.16. The van der Waals surface area contributed by atoms with E-state index < -0.39 is 0 Å². The average Bonchev–Trinajstić information content (AvgIpc) is 2.66. The monoisotopic (exact) mass is 154 g/mol. The van der Waals surface area contributed by atoms with Gasteiger partial charge in [0.25, 0.3) is 0 Å². The van der Waals surface area contributed by atoms with Crippen LogP contribution < -0.4 is 0 Å². The Hall–Kier alpha value is -0.660. The molecule has 0 aromatic rings. The third kappa shape index (κ3) is 2.14. The Morgan fingerprint density at radius 1 is 1.45 bits per heavy atom. The molecule has 0 saturated heterocycles. The maximum absolute atomic E-state index is 11.2. The molecule has 0 aliphatic heterocycles. The molecular weight excluding hydrogens is 140 g/mol. The zero-order valence-electron chi connectivity index (χ0n) is 7.09. The molecule has 1 aliphatic carbocycles. The van der Waals surface area contributed by atoms with Crippen molar-refractivity contribution in [1.82, 2.24) is 0 Å². The Labute approximate surface area is 67.0 Å². The third-order valence-corrected chi connectivity index (χ3v) is 2.29. The van der Waals surface area contributed by atoms with Gasteiger partial charge in [-0.25, -0.2) is 0 Å². The number of Topliss-reactive ketones (excluding diaryl/α,β-unsaturated/α-hetero) is 2. The normalized spacial score (nSPS) is 28.2. The molecule has 2 unspecified atom stereocenters. The Morgan fingerprint density at radius 3 is 2.36 bits per heavy atom. The minimum absolute atomic E-state index is 0.0779. The van der Waals surface area contributed by atoms with Gasteiger partial charge in [-0.2, -0.15) is 0 Å². The van der Waals surface area contributed by atoms with Crippen LogP contribution in [-0.2, 0) is 9.59 Å². The summed E-state index contributed by atoms with van der Waals surface area (Å²) in [5, 5.41) is 0. The van der Waals surface area contributed by atoms with Crippen LogP contribution >= 0.6 is 0 Å². The van der Waals surface area contributed by atoms with E-state index in [-0.39, 0.29) is 23.9 Å². The predicted molar refractivity (Wildman–Crippen MR) is 42.2 cm³/mol. The maximum atomic E-state index is 11.2. The van der Waals surface area contributed by atoms with Crippen molar-refractivity contribution >= 4 is 11.6 Å². The fourth-order valence-corrected chi connectivity index (χ4v) is 1.22. The van der Waals surface area contributed by atoms with Crippen LogP contribution in [0.25, 0.3) is 0 Å². The molecule has 2 atom stereocenters. The van der Waals surface area contributed by atoms with Crippen molar-refractivity contribution in [1.29, 1.82) is 0 Å². The number of rotatable bonds is 4. The van der Waals surface area contributed by atoms with Crippen LogP contribution in [0.2, 0.25) is 0 Å². The SMILES string of the molecule is CCC(=O)CC(=O)C1CC1C. The highest BCUT2D eigenvalue weighted by atomic mass is 16.1. The van der Waals surface area contributed by atoms with E-state index in [1.165, 1.54) is 0 Å². The van der Waals surface area contributed by atoms with Crippen LogP contribution in [0.3, 0.4) is 0 Å². The third-order valence-electron chi connectivity index (χ3n) is 2.29. The lowest BCUT2D eigenvalue weighted by Crippen LogP contribution is -2.08. The Morgan fingerprint density at radius 2 is 2.00 bits per heavy atom. The number of hydrogen-bond acceptors (Lipinski definition) is 2. The van der Waals surface area contributed by atoms with Crippen LogP contribution in [-0.4, -0.2) is 11.6 Å². The molecule has 0 aromatic carbocycles. The van der Waals surface area contributed by atoms with Gasteiger partial charge in [0.15, 0.2) is 0 Å². The molecule has 62 valence electrons. The van der Waals surface area contributed by atoms with E-state index in [1.54, 1.807) is 6.92 Å². The van der Waals surface area contributed by atoms with Gasteiger partial charge in [0.05, 0.1) is 6.42 Å². The van der Waals surface area contributed by atoms with Crippen molar-refractivity contribution < 1.29 is 9.59 Å². The molecule has 1 aliphatic rings. The van der Waals surface area contributed by atoms with Gasteiger partial charge in [-0.3, -0.25) is 9.59 Å².